The van der Waals surface area contributed by atoms with Crippen molar-refractivity contribution in [2.24, 2.45) is 0 Å². The van der Waals surface area contributed by atoms with Crippen molar-refractivity contribution in [1.82, 2.24) is 0 Å². The lowest BCUT2D eigenvalue weighted by Gasteiger charge is -2.29. The largest absolute Gasteiger partial charge is 1.00 e. The number of nitrogens with two attached hydrogens (primary N) is 1. The third kappa shape index (κ3) is 4.43. The Morgan fingerprint density at radius 1 is 1.12 bits per heavy atom. The lowest BCUT2D eigenvalue weighted by molar-refractivity contribution is -0.712. The molecule has 0 radical (unpaired) electrons. The van der Waals surface area contributed by atoms with Gasteiger partial charge in [-0.2, -0.15) is 0 Å². The highest BCUT2D eigenvalue weighted by Crippen LogP contribution is 2.26. The summed E-state index contributed by atoms with van der Waals surface area (Å²) in [5.41, 5.74) is 0.890. The maximum atomic E-state index is 12.9. The van der Waals surface area contributed by atoms with E-state index in [4.69, 9.17) is 4.74 Å². The molecular weight excluding hydrogens is 400 g/mol. The van der Waals surface area contributed by atoms with Crippen molar-refractivity contribution in [2.75, 3.05) is 4.90 Å². The molecule has 2 aliphatic rings. The second kappa shape index (κ2) is 8.34. The molecule has 0 aliphatic carbocycles. The fourth-order valence-corrected chi connectivity index (χ4v) is 4.59. The van der Waals surface area contributed by atoms with Gasteiger partial charge in [-0.1, -0.05) is 24.3 Å². The van der Waals surface area contributed by atoms with Gasteiger partial charge in [0.1, 0.15) is 6.10 Å². The molecule has 2 bridgehead atoms. The lowest BCUT2D eigenvalue weighted by atomic mass is 10.0. The van der Waals surface area contributed by atoms with Crippen LogP contribution in [0.1, 0.15) is 30.6 Å². The smallest absolute Gasteiger partial charge is 0.414 e. The fraction of sp³-hybridized carbons (Fsp3) is 0.421. The van der Waals surface area contributed by atoms with Gasteiger partial charge in [-0.25, -0.2) is 4.79 Å². The Bertz CT molecular complexity index is 668. The molecule has 2 aromatic rings. The minimum atomic E-state index is -0.221. The van der Waals surface area contributed by atoms with Gasteiger partial charge >= 0.3 is 6.09 Å². The van der Waals surface area contributed by atoms with E-state index in [1.54, 1.807) is 16.2 Å². The monoisotopic (exact) mass is 422 g/mol. The van der Waals surface area contributed by atoms with Crippen LogP contribution in [-0.4, -0.2) is 24.3 Å². The van der Waals surface area contributed by atoms with Crippen LogP contribution in [0.5, 0.6) is 0 Å². The highest BCUT2D eigenvalue weighted by atomic mass is 79.9. The molecule has 1 aromatic carbocycles. The van der Waals surface area contributed by atoms with E-state index in [0.29, 0.717) is 18.6 Å². The van der Waals surface area contributed by atoms with E-state index in [2.05, 4.69) is 11.4 Å². The Morgan fingerprint density at radius 3 is 2.48 bits per heavy atom. The van der Waals surface area contributed by atoms with Crippen LogP contribution in [0.15, 0.2) is 47.8 Å². The molecule has 4 rings (SSSR count). The van der Waals surface area contributed by atoms with Gasteiger partial charge in [0, 0.05) is 36.2 Å². The van der Waals surface area contributed by atoms with Crippen LogP contribution in [0.3, 0.4) is 0 Å². The number of fused-ring (bicyclic) bond motifs is 2. The molecule has 1 amide bonds. The van der Waals surface area contributed by atoms with Crippen molar-refractivity contribution in [3.05, 3.63) is 52.7 Å². The predicted molar refractivity (Wildman–Crippen MR) is 95.2 cm³/mol. The van der Waals surface area contributed by atoms with E-state index in [1.165, 1.54) is 12.8 Å². The quantitative estimate of drug-likeness (QED) is 0.762. The predicted octanol–water partition coefficient (Wildman–Crippen LogP) is 0.152. The number of amides is 1. The Kier molecular flexibility index (Phi) is 6.15. The van der Waals surface area contributed by atoms with Crippen molar-refractivity contribution in [2.45, 2.75) is 50.4 Å². The zero-order valence-corrected chi connectivity index (χ0v) is 16.4. The Hall–Kier alpha value is -1.37. The number of rotatable bonds is 4. The van der Waals surface area contributed by atoms with E-state index in [1.807, 2.05) is 41.8 Å². The van der Waals surface area contributed by atoms with Gasteiger partial charge in [0.2, 0.25) is 0 Å². The van der Waals surface area contributed by atoms with Crippen LogP contribution in [-0.2, 0) is 11.3 Å². The van der Waals surface area contributed by atoms with Gasteiger partial charge in [-0.15, -0.1) is 11.3 Å². The molecule has 2 aliphatic heterocycles. The number of anilines is 1. The summed E-state index contributed by atoms with van der Waals surface area (Å²) in [7, 11) is 0. The average molecular weight is 423 g/mol. The molecule has 2 atom stereocenters. The molecular formula is C19H23BrN2O2S. The maximum absolute atomic E-state index is 12.9. The van der Waals surface area contributed by atoms with Gasteiger partial charge in [0.15, 0.2) is 0 Å². The number of para-hydroxylation sites is 1. The fourth-order valence-electron chi connectivity index (χ4n) is 3.90. The molecule has 3 heterocycles. The van der Waals surface area contributed by atoms with Crippen LogP contribution in [0, 0.1) is 0 Å². The minimum Gasteiger partial charge on any atom is -1.00 e. The maximum Gasteiger partial charge on any atom is 0.414 e. The topological polar surface area (TPSA) is 46.1 Å². The highest BCUT2D eigenvalue weighted by molar-refractivity contribution is 7.09. The molecule has 2 fully saturated rings. The summed E-state index contributed by atoms with van der Waals surface area (Å²) < 4.78 is 5.91. The first kappa shape index (κ1) is 18.4. The molecule has 2 saturated heterocycles. The molecule has 134 valence electrons. The van der Waals surface area contributed by atoms with Crippen LogP contribution < -0.4 is 27.2 Å². The molecule has 0 spiro atoms. The van der Waals surface area contributed by atoms with Crippen molar-refractivity contribution in [1.29, 1.82) is 0 Å². The van der Waals surface area contributed by atoms with Crippen LogP contribution in [0.25, 0.3) is 0 Å². The van der Waals surface area contributed by atoms with Crippen LogP contribution >= 0.6 is 11.3 Å². The Balaban J connectivity index is 0.00000182. The van der Waals surface area contributed by atoms with Crippen molar-refractivity contribution >= 4 is 23.1 Å². The number of nitrogens with zero attached hydrogens (tertiary/aromatic N) is 1. The summed E-state index contributed by atoms with van der Waals surface area (Å²) in [5, 5.41) is 4.50. The molecule has 4 nitrogen and oxygen atoms in total. The Labute approximate surface area is 162 Å². The average Bonchev–Trinajstić information content (AvgIpc) is 3.23. The van der Waals surface area contributed by atoms with Gasteiger partial charge in [-0.05, 0) is 23.6 Å². The number of piperidine rings is 1. The molecule has 0 saturated carbocycles. The van der Waals surface area contributed by atoms with E-state index in [9.17, 15) is 4.79 Å². The van der Waals surface area contributed by atoms with E-state index >= 15 is 0 Å². The highest BCUT2D eigenvalue weighted by Gasteiger charge is 2.39. The number of hydrogen-bond acceptors (Lipinski definition) is 3. The van der Waals surface area contributed by atoms with E-state index in [-0.39, 0.29) is 29.2 Å². The summed E-state index contributed by atoms with van der Waals surface area (Å²) in [6.45, 7) is 0.562. The zero-order valence-electron chi connectivity index (χ0n) is 14.0. The first-order valence-corrected chi connectivity index (χ1v) is 9.56. The molecule has 1 aromatic heterocycles. The molecule has 2 N–H and O–H groups in total. The second-order valence-electron chi connectivity index (χ2n) is 6.77. The minimum absolute atomic E-state index is 0. The van der Waals surface area contributed by atoms with Gasteiger partial charge in [-0.3, -0.25) is 4.90 Å². The van der Waals surface area contributed by atoms with Crippen molar-refractivity contribution < 1.29 is 31.8 Å². The third-order valence-corrected chi connectivity index (χ3v) is 5.89. The molecule has 25 heavy (non-hydrogen) atoms. The summed E-state index contributed by atoms with van der Waals surface area (Å²) in [4.78, 5) is 15.8. The summed E-state index contributed by atoms with van der Waals surface area (Å²) >= 11 is 1.67. The first-order valence-electron chi connectivity index (χ1n) is 8.68. The molecule has 2 unspecified atom stereocenters. The number of carbonyl (C=O) groups is 1. The first-order chi connectivity index (χ1) is 11.8. The lowest BCUT2D eigenvalue weighted by Crippen LogP contribution is -3.00. The normalized spacial score (nSPS) is 24.4. The summed E-state index contributed by atoms with van der Waals surface area (Å²) in [5.74, 6) is 0. The Morgan fingerprint density at radius 2 is 1.84 bits per heavy atom. The van der Waals surface area contributed by atoms with Crippen molar-refractivity contribution in [3.63, 3.8) is 0 Å². The van der Waals surface area contributed by atoms with E-state index in [0.717, 1.165) is 23.4 Å². The van der Waals surface area contributed by atoms with Gasteiger partial charge < -0.3 is 27.0 Å². The number of halogens is 1. The second-order valence-corrected chi connectivity index (χ2v) is 7.80. The van der Waals surface area contributed by atoms with Gasteiger partial charge in [0.25, 0.3) is 0 Å². The van der Waals surface area contributed by atoms with E-state index < -0.39 is 0 Å². The van der Waals surface area contributed by atoms with Gasteiger partial charge in [0.05, 0.1) is 18.6 Å². The number of benzene rings is 1. The van der Waals surface area contributed by atoms with Crippen molar-refractivity contribution in [3.8, 4) is 0 Å². The summed E-state index contributed by atoms with van der Waals surface area (Å²) in [6.07, 6.45) is 4.34. The number of carbonyl (C=O) groups excluding carboxylic acids is 1. The van der Waals surface area contributed by atoms with Crippen LogP contribution in [0.4, 0.5) is 10.5 Å². The van der Waals surface area contributed by atoms with Crippen LogP contribution in [0.2, 0.25) is 0 Å². The third-order valence-electron chi connectivity index (χ3n) is 5.03. The zero-order chi connectivity index (χ0) is 16.4. The standard InChI is InChI=1S/C19H22N2O2S.BrH/c22-19(23-17-11-14-8-9-15(12-17)20-14)21(13-18-7-4-10-24-18)16-5-2-1-3-6-16;/h1-7,10,14-15,17,20H,8-9,11-13H2;1H. The summed E-state index contributed by atoms with van der Waals surface area (Å²) in [6, 6.07) is 15.2. The molecule has 6 heteroatoms. The SMILES string of the molecule is O=C(OC1CC2CCC(C1)[NH2+]2)N(Cc1cccs1)c1ccccc1.[Br-]. The number of quaternary nitrogens is 1. The number of hydrogen-bond donors (Lipinski definition) is 1. The number of ether oxygens (including phenoxy) is 1. The number of thiophene rings is 1.